The Labute approximate surface area is 184 Å². The molecule has 2 aromatic rings. The van der Waals surface area contributed by atoms with Crippen LogP contribution < -0.4 is 9.47 Å². The number of unbranched alkanes of at least 4 members (excludes halogenated alkanes) is 2. The Balaban J connectivity index is 1.50. The van der Waals surface area contributed by atoms with Gasteiger partial charge in [-0.2, -0.15) is 8.78 Å². The van der Waals surface area contributed by atoms with E-state index in [1.165, 1.54) is 44.2 Å². The van der Waals surface area contributed by atoms with Crippen molar-refractivity contribution in [2.24, 2.45) is 5.92 Å². The molecule has 0 saturated carbocycles. The summed E-state index contributed by atoms with van der Waals surface area (Å²) in [6.45, 7) is 5.48. The molecule has 1 heterocycles. The van der Waals surface area contributed by atoms with E-state index in [2.05, 4.69) is 6.92 Å². The van der Waals surface area contributed by atoms with E-state index in [0.29, 0.717) is 12.5 Å². The predicted molar refractivity (Wildman–Crippen MR) is 118 cm³/mol. The van der Waals surface area contributed by atoms with Crippen LogP contribution in [0, 0.1) is 17.6 Å². The van der Waals surface area contributed by atoms with Crippen molar-refractivity contribution in [2.45, 2.75) is 71.5 Å². The van der Waals surface area contributed by atoms with Gasteiger partial charge in [0.15, 0.2) is 11.5 Å². The van der Waals surface area contributed by atoms with E-state index in [-0.39, 0.29) is 24.2 Å². The second-order valence-corrected chi connectivity index (χ2v) is 8.33. The third kappa shape index (κ3) is 6.67. The fourth-order valence-corrected chi connectivity index (χ4v) is 3.92. The van der Waals surface area contributed by atoms with Crippen LogP contribution >= 0.6 is 0 Å². The molecule has 0 amide bonds. The van der Waals surface area contributed by atoms with Crippen molar-refractivity contribution in [1.29, 1.82) is 0 Å². The maximum absolute atomic E-state index is 14.2. The molecule has 3 nitrogen and oxygen atoms in total. The smallest absolute Gasteiger partial charge is 0.204 e. The highest BCUT2D eigenvalue weighted by Gasteiger charge is 2.22. The lowest BCUT2D eigenvalue weighted by Gasteiger charge is -2.29. The van der Waals surface area contributed by atoms with Crippen LogP contribution in [0.2, 0.25) is 0 Å². The Morgan fingerprint density at radius 1 is 0.871 bits per heavy atom. The standard InChI is InChI=1S/C26H34F2O3/c1-3-5-6-7-19-10-13-22(30-17-19)21-11-8-20(9-12-21)18-31-24-15-14-23(29-16-4-2)25(27)26(24)28/h8-9,11-12,14-15,19,22H,3-7,10,13,16-18H2,1-2H3. The summed E-state index contributed by atoms with van der Waals surface area (Å²) in [5.74, 6) is -1.55. The van der Waals surface area contributed by atoms with Crippen LogP contribution in [0.3, 0.4) is 0 Å². The van der Waals surface area contributed by atoms with Crippen molar-refractivity contribution >= 4 is 0 Å². The van der Waals surface area contributed by atoms with Crippen LogP contribution in [0.25, 0.3) is 0 Å². The predicted octanol–water partition coefficient (Wildman–Crippen LogP) is 7.38. The summed E-state index contributed by atoms with van der Waals surface area (Å²) in [6.07, 6.45) is 8.23. The Hall–Kier alpha value is -2.14. The highest BCUT2D eigenvalue weighted by molar-refractivity contribution is 5.35. The zero-order chi connectivity index (χ0) is 22.1. The summed E-state index contributed by atoms with van der Waals surface area (Å²) < 4.78 is 45.1. The lowest BCUT2D eigenvalue weighted by molar-refractivity contribution is -0.0198. The van der Waals surface area contributed by atoms with Gasteiger partial charge in [0.05, 0.1) is 19.3 Å². The van der Waals surface area contributed by atoms with Crippen LogP contribution in [-0.4, -0.2) is 13.2 Å². The maximum Gasteiger partial charge on any atom is 0.204 e. The third-order valence-electron chi connectivity index (χ3n) is 5.81. The summed E-state index contributed by atoms with van der Waals surface area (Å²) in [6, 6.07) is 10.8. The van der Waals surface area contributed by atoms with E-state index >= 15 is 0 Å². The largest absolute Gasteiger partial charge is 0.490 e. The average molecular weight is 433 g/mol. The number of benzene rings is 2. The molecule has 1 aliphatic rings. The summed E-state index contributed by atoms with van der Waals surface area (Å²) in [7, 11) is 0. The maximum atomic E-state index is 14.2. The minimum absolute atomic E-state index is 0.0869. The molecule has 3 rings (SSSR count). The number of hydrogen-bond acceptors (Lipinski definition) is 3. The first-order valence-electron chi connectivity index (χ1n) is 11.6. The van der Waals surface area contributed by atoms with E-state index in [1.54, 1.807) is 0 Å². The fourth-order valence-electron chi connectivity index (χ4n) is 3.92. The van der Waals surface area contributed by atoms with Crippen LogP contribution in [0.1, 0.15) is 76.0 Å². The molecule has 1 saturated heterocycles. The molecule has 31 heavy (non-hydrogen) atoms. The molecule has 0 bridgehead atoms. The van der Waals surface area contributed by atoms with E-state index in [1.807, 2.05) is 31.2 Å². The van der Waals surface area contributed by atoms with Crippen molar-refractivity contribution in [3.63, 3.8) is 0 Å². The van der Waals surface area contributed by atoms with Crippen molar-refractivity contribution in [2.75, 3.05) is 13.2 Å². The minimum atomic E-state index is -1.02. The Bertz CT molecular complexity index is 799. The molecular weight excluding hydrogens is 398 g/mol. The van der Waals surface area contributed by atoms with Gasteiger partial charge in [-0.3, -0.25) is 0 Å². The number of halogens is 2. The topological polar surface area (TPSA) is 27.7 Å². The number of rotatable bonds is 11. The molecule has 170 valence electrons. The average Bonchev–Trinajstić information content (AvgIpc) is 2.80. The molecule has 5 heteroatoms. The molecule has 0 spiro atoms. The lowest BCUT2D eigenvalue weighted by Crippen LogP contribution is -2.20. The fraction of sp³-hybridized carbons (Fsp3) is 0.538. The van der Waals surface area contributed by atoms with Gasteiger partial charge in [-0.25, -0.2) is 0 Å². The molecule has 2 aromatic carbocycles. The van der Waals surface area contributed by atoms with Gasteiger partial charge in [-0.05, 0) is 54.9 Å². The highest BCUT2D eigenvalue weighted by Crippen LogP contribution is 2.33. The van der Waals surface area contributed by atoms with Crippen LogP contribution in [0.4, 0.5) is 8.78 Å². The van der Waals surface area contributed by atoms with Gasteiger partial charge in [0.2, 0.25) is 11.6 Å². The quantitative estimate of drug-likeness (QED) is 0.347. The molecule has 2 unspecified atom stereocenters. The molecule has 0 N–H and O–H groups in total. The number of hydrogen-bond donors (Lipinski definition) is 0. The second-order valence-electron chi connectivity index (χ2n) is 8.33. The summed E-state index contributed by atoms with van der Waals surface area (Å²) >= 11 is 0. The highest BCUT2D eigenvalue weighted by atomic mass is 19.2. The van der Waals surface area contributed by atoms with Gasteiger partial charge in [0.1, 0.15) is 6.61 Å². The van der Waals surface area contributed by atoms with Crippen LogP contribution in [-0.2, 0) is 11.3 Å². The molecule has 1 fully saturated rings. The van der Waals surface area contributed by atoms with Gasteiger partial charge in [-0.15, -0.1) is 0 Å². The summed E-state index contributed by atoms with van der Waals surface area (Å²) in [5.41, 5.74) is 2.05. The van der Waals surface area contributed by atoms with Crippen molar-refractivity contribution < 1.29 is 23.0 Å². The molecular formula is C26H34F2O3. The Kier molecular flexibility index (Phi) is 9.13. The van der Waals surface area contributed by atoms with Gasteiger partial charge >= 0.3 is 0 Å². The van der Waals surface area contributed by atoms with Crippen LogP contribution in [0.5, 0.6) is 11.5 Å². The second kappa shape index (κ2) is 12.0. The normalized spacial score (nSPS) is 18.7. The Morgan fingerprint density at radius 2 is 1.58 bits per heavy atom. The SMILES string of the molecule is CCCCCC1CCC(c2ccc(COc3ccc(OCCC)c(F)c3F)cc2)OC1. The first-order valence-corrected chi connectivity index (χ1v) is 11.6. The van der Waals surface area contributed by atoms with Crippen LogP contribution in [0.15, 0.2) is 36.4 Å². The van der Waals surface area contributed by atoms with E-state index in [4.69, 9.17) is 14.2 Å². The zero-order valence-corrected chi connectivity index (χ0v) is 18.7. The van der Waals surface area contributed by atoms with E-state index in [9.17, 15) is 8.78 Å². The van der Waals surface area contributed by atoms with Crippen molar-refractivity contribution in [3.8, 4) is 11.5 Å². The summed E-state index contributed by atoms with van der Waals surface area (Å²) in [5, 5.41) is 0. The number of ether oxygens (including phenoxy) is 3. The molecule has 2 atom stereocenters. The van der Waals surface area contributed by atoms with Gasteiger partial charge in [-0.1, -0.05) is 57.4 Å². The monoisotopic (exact) mass is 432 g/mol. The molecule has 0 radical (unpaired) electrons. The van der Waals surface area contributed by atoms with E-state index < -0.39 is 11.6 Å². The molecule has 0 aromatic heterocycles. The van der Waals surface area contributed by atoms with Gasteiger partial charge in [0.25, 0.3) is 0 Å². The van der Waals surface area contributed by atoms with E-state index in [0.717, 1.165) is 30.6 Å². The zero-order valence-electron chi connectivity index (χ0n) is 18.7. The van der Waals surface area contributed by atoms with Gasteiger partial charge < -0.3 is 14.2 Å². The molecule has 1 aliphatic heterocycles. The Morgan fingerprint density at radius 3 is 2.19 bits per heavy atom. The summed E-state index contributed by atoms with van der Waals surface area (Å²) in [4.78, 5) is 0. The lowest BCUT2D eigenvalue weighted by atomic mass is 9.91. The minimum Gasteiger partial charge on any atom is -0.490 e. The van der Waals surface area contributed by atoms with Gasteiger partial charge in [0, 0.05) is 0 Å². The molecule has 0 aliphatic carbocycles. The first-order chi connectivity index (χ1) is 15.1. The first kappa shape index (κ1) is 23.5. The third-order valence-corrected chi connectivity index (χ3v) is 5.81. The van der Waals surface area contributed by atoms with Crippen molar-refractivity contribution in [3.05, 3.63) is 59.2 Å². The van der Waals surface area contributed by atoms with Crippen molar-refractivity contribution in [1.82, 2.24) is 0 Å².